The van der Waals surface area contributed by atoms with Crippen LogP contribution in [-0.4, -0.2) is 37.2 Å². The van der Waals surface area contributed by atoms with Gasteiger partial charge in [0, 0.05) is 19.3 Å². The van der Waals surface area contributed by atoms with Gasteiger partial charge in [0.25, 0.3) is 0 Å². The monoisotopic (exact) mass is 1100 g/mol. The number of carbonyl (C=O) groups excluding carboxylic acids is 3. The lowest BCUT2D eigenvalue weighted by molar-refractivity contribution is -0.166. The van der Waals surface area contributed by atoms with Crippen LogP contribution >= 0.6 is 0 Å². The van der Waals surface area contributed by atoms with Gasteiger partial charge in [-0.2, -0.15) is 0 Å². The maximum absolute atomic E-state index is 12.8. The first-order chi connectivity index (χ1) is 39.0. The molecule has 0 aromatic heterocycles. The molecule has 0 aliphatic heterocycles. The second kappa shape index (κ2) is 66.8. The smallest absolute Gasteiger partial charge is 0.306 e. The number of hydrogen-bond acceptors (Lipinski definition) is 6. The molecular formula is C73H126O6. The highest BCUT2D eigenvalue weighted by molar-refractivity contribution is 5.71. The van der Waals surface area contributed by atoms with Crippen molar-refractivity contribution in [2.75, 3.05) is 13.2 Å². The first-order valence-corrected chi connectivity index (χ1v) is 33.7. The molecule has 0 aromatic carbocycles. The Labute approximate surface area is 489 Å². The number of ether oxygens (including phenoxy) is 3. The number of unbranched alkanes of at least 4 members (excludes halogenated alkanes) is 34. The normalized spacial score (nSPS) is 12.7. The second-order valence-electron chi connectivity index (χ2n) is 22.3. The molecule has 0 bridgehead atoms. The Morgan fingerprint density at radius 1 is 0.266 bits per heavy atom. The summed E-state index contributed by atoms with van der Waals surface area (Å²) in [6.45, 7) is 6.38. The molecule has 0 saturated heterocycles. The van der Waals surface area contributed by atoms with Gasteiger partial charge in [0.1, 0.15) is 13.2 Å². The lowest BCUT2D eigenvalue weighted by Gasteiger charge is -2.18. The standard InChI is InChI=1S/C73H126O6/c1-4-7-10-13-16-19-22-25-26-27-28-29-30-31-32-33-34-35-36-37-38-39-40-41-42-43-44-45-46-49-51-54-57-60-63-66-72(75)78-69-70(79-73(76)67-64-61-58-55-52-48-24-21-18-15-12-9-6-3)68-77-71(74)65-62-59-56-53-50-47-23-20-17-14-11-8-5-2/h7,9-10,12,16,18-19,21,25-26,28-29,48,52,58,61,70H,4-6,8,11,13-15,17,20,22-24,27,30-47,49-51,53-57,59-60,62-69H2,1-3H3/b10-7-,12-9-,19-16-,21-18-,26-25-,29-28-,52-48-,61-58-. The zero-order valence-electron chi connectivity index (χ0n) is 52.1. The Bertz CT molecular complexity index is 1540. The summed E-state index contributed by atoms with van der Waals surface area (Å²) in [5.41, 5.74) is 0. The van der Waals surface area contributed by atoms with Crippen LogP contribution in [0.2, 0.25) is 0 Å². The van der Waals surface area contributed by atoms with Crippen LogP contribution in [0.5, 0.6) is 0 Å². The van der Waals surface area contributed by atoms with Crippen molar-refractivity contribution in [2.45, 2.75) is 335 Å². The maximum atomic E-state index is 12.8. The van der Waals surface area contributed by atoms with Gasteiger partial charge in [0.15, 0.2) is 6.10 Å². The van der Waals surface area contributed by atoms with Crippen LogP contribution in [0, 0.1) is 0 Å². The van der Waals surface area contributed by atoms with E-state index in [1.165, 1.54) is 193 Å². The maximum Gasteiger partial charge on any atom is 0.306 e. The Hall–Kier alpha value is -3.67. The van der Waals surface area contributed by atoms with Crippen LogP contribution in [-0.2, 0) is 28.6 Å². The highest BCUT2D eigenvalue weighted by Crippen LogP contribution is 2.18. The van der Waals surface area contributed by atoms with Gasteiger partial charge in [0.05, 0.1) is 0 Å². The van der Waals surface area contributed by atoms with Gasteiger partial charge in [0.2, 0.25) is 0 Å². The Kier molecular flexibility index (Phi) is 63.7. The Balaban J connectivity index is 4.08. The molecule has 79 heavy (non-hydrogen) atoms. The number of esters is 3. The third-order valence-corrected chi connectivity index (χ3v) is 14.6. The molecule has 6 nitrogen and oxygen atoms in total. The van der Waals surface area contributed by atoms with Gasteiger partial charge >= 0.3 is 17.9 Å². The molecule has 0 aromatic rings. The number of allylic oxidation sites excluding steroid dienone is 16. The van der Waals surface area contributed by atoms with Crippen molar-refractivity contribution in [2.24, 2.45) is 0 Å². The van der Waals surface area contributed by atoms with Crippen molar-refractivity contribution < 1.29 is 28.6 Å². The predicted octanol–water partition coefficient (Wildman–Crippen LogP) is 23.2. The SMILES string of the molecule is CC/C=C\C/C=C\C/C=C\C/C=C\CCCCCCCCCCCCCCCCCCCCCCCCC(=O)OCC(COC(=O)CCCCCCCCCCCCCCC)OC(=O)CC/C=C\C/C=C\C/C=C\C/C=C\CC. The van der Waals surface area contributed by atoms with Gasteiger partial charge in [-0.1, -0.05) is 323 Å². The van der Waals surface area contributed by atoms with Crippen LogP contribution in [0.4, 0.5) is 0 Å². The van der Waals surface area contributed by atoms with Gasteiger partial charge in [-0.05, 0) is 83.5 Å². The molecule has 0 aliphatic carbocycles. The minimum Gasteiger partial charge on any atom is -0.462 e. The summed E-state index contributed by atoms with van der Waals surface area (Å²) < 4.78 is 16.8. The fourth-order valence-electron chi connectivity index (χ4n) is 9.63. The highest BCUT2D eigenvalue weighted by Gasteiger charge is 2.19. The van der Waals surface area contributed by atoms with E-state index < -0.39 is 6.10 Å². The molecular weight excluding hydrogens is 973 g/mol. The molecule has 0 aliphatic rings. The predicted molar refractivity (Wildman–Crippen MR) is 344 cm³/mol. The first-order valence-electron chi connectivity index (χ1n) is 33.7. The van der Waals surface area contributed by atoms with E-state index in [1.54, 1.807) is 0 Å². The molecule has 1 atom stereocenters. The molecule has 0 radical (unpaired) electrons. The number of carbonyl (C=O) groups is 3. The third-order valence-electron chi connectivity index (χ3n) is 14.6. The van der Waals surface area contributed by atoms with E-state index in [4.69, 9.17) is 14.2 Å². The van der Waals surface area contributed by atoms with Gasteiger partial charge < -0.3 is 14.2 Å². The summed E-state index contributed by atoms with van der Waals surface area (Å²) in [6, 6.07) is 0. The van der Waals surface area contributed by atoms with E-state index in [2.05, 4.69) is 112 Å². The minimum atomic E-state index is -0.812. The topological polar surface area (TPSA) is 78.9 Å². The first kappa shape index (κ1) is 75.3. The summed E-state index contributed by atoms with van der Waals surface area (Å²) >= 11 is 0. The van der Waals surface area contributed by atoms with E-state index in [0.29, 0.717) is 19.3 Å². The van der Waals surface area contributed by atoms with E-state index in [-0.39, 0.29) is 37.5 Å². The average molecular weight is 1100 g/mol. The molecule has 1 unspecified atom stereocenters. The largest absolute Gasteiger partial charge is 0.462 e. The summed E-state index contributed by atoms with van der Waals surface area (Å²) in [4.78, 5) is 38.2. The molecule has 454 valence electrons. The van der Waals surface area contributed by atoms with Gasteiger partial charge in [-0.3, -0.25) is 14.4 Å². The van der Waals surface area contributed by atoms with Crippen molar-refractivity contribution >= 4 is 17.9 Å². The van der Waals surface area contributed by atoms with Crippen LogP contribution in [0.3, 0.4) is 0 Å². The molecule has 0 rings (SSSR count). The quantitative estimate of drug-likeness (QED) is 0.0261. The van der Waals surface area contributed by atoms with Crippen LogP contribution in [0.25, 0.3) is 0 Å². The van der Waals surface area contributed by atoms with Crippen LogP contribution in [0.1, 0.15) is 329 Å². The van der Waals surface area contributed by atoms with Crippen molar-refractivity contribution in [1.82, 2.24) is 0 Å². The summed E-state index contributed by atoms with van der Waals surface area (Å²) in [5.74, 6) is -0.969. The molecule has 0 amide bonds. The molecule has 0 heterocycles. The molecule has 6 heteroatoms. The second-order valence-corrected chi connectivity index (χ2v) is 22.3. The molecule has 0 N–H and O–H groups in total. The Morgan fingerprint density at radius 2 is 0.519 bits per heavy atom. The van der Waals surface area contributed by atoms with E-state index in [1.807, 2.05) is 6.08 Å². The lowest BCUT2D eigenvalue weighted by atomic mass is 10.0. The van der Waals surface area contributed by atoms with Crippen molar-refractivity contribution in [3.8, 4) is 0 Å². The number of rotatable bonds is 61. The van der Waals surface area contributed by atoms with Gasteiger partial charge in [-0.25, -0.2) is 0 Å². The Morgan fingerprint density at radius 3 is 0.823 bits per heavy atom. The van der Waals surface area contributed by atoms with Gasteiger partial charge in [-0.15, -0.1) is 0 Å². The summed E-state index contributed by atoms with van der Waals surface area (Å²) in [5, 5.41) is 0. The fourth-order valence-corrected chi connectivity index (χ4v) is 9.63. The lowest BCUT2D eigenvalue weighted by Crippen LogP contribution is -2.30. The van der Waals surface area contributed by atoms with Crippen molar-refractivity contribution in [3.63, 3.8) is 0 Å². The van der Waals surface area contributed by atoms with Crippen molar-refractivity contribution in [1.29, 1.82) is 0 Å². The zero-order chi connectivity index (χ0) is 57.1. The third kappa shape index (κ3) is 65.0. The minimum absolute atomic E-state index is 0.101. The number of hydrogen-bond donors (Lipinski definition) is 0. The van der Waals surface area contributed by atoms with E-state index in [9.17, 15) is 14.4 Å². The van der Waals surface area contributed by atoms with E-state index >= 15 is 0 Å². The molecule has 0 spiro atoms. The fraction of sp³-hybridized carbons (Fsp3) is 0.740. The van der Waals surface area contributed by atoms with Crippen molar-refractivity contribution in [3.05, 3.63) is 97.2 Å². The van der Waals surface area contributed by atoms with Crippen LogP contribution in [0.15, 0.2) is 97.2 Å². The van der Waals surface area contributed by atoms with E-state index in [0.717, 1.165) is 89.9 Å². The molecule has 0 saturated carbocycles. The summed E-state index contributed by atoms with van der Waals surface area (Å²) in [6.07, 6.45) is 90.4. The van der Waals surface area contributed by atoms with Crippen LogP contribution < -0.4 is 0 Å². The molecule has 0 fully saturated rings. The average Bonchev–Trinajstić information content (AvgIpc) is 3.45. The zero-order valence-corrected chi connectivity index (χ0v) is 52.1. The highest BCUT2D eigenvalue weighted by atomic mass is 16.6. The summed E-state index contributed by atoms with van der Waals surface area (Å²) in [7, 11) is 0.